The monoisotopic (exact) mass is 249 g/mol. The Bertz CT molecular complexity index is 351. The minimum atomic E-state index is -4.29. The summed E-state index contributed by atoms with van der Waals surface area (Å²) in [6, 6.07) is -0.342. The molecule has 1 aromatic heterocycles. The average molecular weight is 249 g/mol. The Morgan fingerprint density at radius 2 is 1.94 bits per heavy atom. The van der Waals surface area contributed by atoms with E-state index in [1.807, 2.05) is 0 Å². The van der Waals surface area contributed by atoms with E-state index in [1.165, 1.54) is 12.4 Å². The molecule has 0 spiro atoms. The molecule has 0 bridgehead atoms. The minimum Gasteiger partial charge on any atom is -0.390 e. The highest BCUT2D eigenvalue weighted by Gasteiger charge is 2.32. The number of halogens is 3. The van der Waals surface area contributed by atoms with Crippen LogP contribution >= 0.6 is 0 Å². The van der Waals surface area contributed by atoms with Crippen molar-refractivity contribution >= 4 is 5.82 Å². The Labute approximate surface area is 97.1 Å². The van der Waals surface area contributed by atoms with E-state index in [1.54, 1.807) is 13.8 Å². The number of aromatic nitrogens is 2. The lowest BCUT2D eigenvalue weighted by Crippen LogP contribution is -2.39. The predicted octanol–water partition coefficient (Wildman–Crippen LogP) is 1.75. The van der Waals surface area contributed by atoms with Crippen molar-refractivity contribution in [2.24, 2.45) is 0 Å². The van der Waals surface area contributed by atoms with Gasteiger partial charge < -0.3 is 10.0 Å². The second kappa shape index (κ2) is 5.31. The van der Waals surface area contributed by atoms with Gasteiger partial charge in [0.2, 0.25) is 0 Å². The summed E-state index contributed by atoms with van der Waals surface area (Å²) in [4.78, 5) is 8.77. The van der Waals surface area contributed by atoms with Gasteiger partial charge in [0.05, 0.1) is 24.7 Å². The van der Waals surface area contributed by atoms with Crippen LogP contribution in [0.2, 0.25) is 0 Å². The van der Waals surface area contributed by atoms with Crippen molar-refractivity contribution in [2.45, 2.75) is 32.7 Å². The smallest absolute Gasteiger partial charge is 0.390 e. The van der Waals surface area contributed by atoms with Crippen LogP contribution in [0.15, 0.2) is 12.4 Å². The lowest BCUT2D eigenvalue weighted by atomic mass is 10.3. The molecule has 0 saturated heterocycles. The molecule has 1 heterocycles. The average Bonchev–Trinajstić information content (AvgIpc) is 2.25. The molecule has 0 aliphatic rings. The van der Waals surface area contributed by atoms with Gasteiger partial charge in [-0.1, -0.05) is 0 Å². The van der Waals surface area contributed by atoms with Crippen LogP contribution in [-0.2, 0) is 6.61 Å². The number of anilines is 1. The molecule has 0 aliphatic carbocycles. The largest absolute Gasteiger partial charge is 0.405 e. The molecule has 1 aromatic rings. The molecule has 1 N–H and O–H groups in total. The summed E-state index contributed by atoms with van der Waals surface area (Å²) in [6.07, 6.45) is -1.79. The number of aliphatic hydroxyl groups is 1. The first-order chi connectivity index (χ1) is 7.83. The van der Waals surface area contributed by atoms with E-state index in [2.05, 4.69) is 9.97 Å². The quantitative estimate of drug-likeness (QED) is 0.883. The van der Waals surface area contributed by atoms with Crippen LogP contribution in [0.3, 0.4) is 0 Å². The van der Waals surface area contributed by atoms with Crippen molar-refractivity contribution in [3.8, 4) is 0 Å². The third-order valence-corrected chi connectivity index (χ3v) is 2.12. The molecule has 1 rings (SSSR count). The fourth-order valence-electron chi connectivity index (χ4n) is 1.30. The summed E-state index contributed by atoms with van der Waals surface area (Å²) in [5.74, 6) is 0.148. The van der Waals surface area contributed by atoms with Gasteiger partial charge in [-0.05, 0) is 13.8 Å². The van der Waals surface area contributed by atoms with Crippen LogP contribution in [0.1, 0.15) is 19.5 Å². The summed E-state index contributed by atoms with van der Waals surface area (Å²) >= 11 is 0. The molecule has 0 unspecified atom stereocenters. The summed E-state index contributed by atoms with van der Waals surface area (Å²) in [5.41, 5.74) is 0.324. The van der Waals surface area contributed by atoms with Gasteiger partial charge in [0.25, 0.3) is 0 Å². The number of aliphatic hydroxyl groups excluding tert-OH is 1. The van der Waals surface area contributed by atoms with Gasteiger partial charge in [-0.2, -0.15) is 13.2 Å². The van der Waals surface area contributed by atoms with Gasteiger partial charge in [0, 0.05) is 6.04 Å². The lowest BCUT2D eigenvalue weighted by molar-refractivity contribution is -0.120. The molecule has 4 nitrogen and oxygen atoms in total. The van der Waals surface area contributed by atoms with E-state index in [0.717, 1.165) is 4.90 Å². The molecule has 0 radical (unpaired) electrons. The third kappa shape index (κ3) is 4.18. The zero-order valence-corrected chi connectivity index (χ0v) is 9.57. The van der Waals surface area contributed by atoms with E-state index in [4.69, 9.17) is 5.11 Å². The van der Waals surface area contributed by atoms with Gasteiger partial charge in [-0.25, -0.2) is 4.98 Å². The number of hydrogen-bond donors (Lipinski definition) is 1. The van der Waals surface area contributed by atoms with Crippen LogP contribution in [0.5, 0.6) is 0 Å². The van der Waals surface area contributed by atoms with Gasteiger partial charge in [0.1, 0.15) is 12.4 Å². The molecule has 7 heteroatoms. The Hall–Kier alpha value is -1.37. The topological polar surface area (TPSA) is 49.2 Å². The Balaban J connectivity index is 2.89. The number of rotatable bonds is 4. The molecule has 0 aromatic carbocycles. The highest BCUT2D eigenvalue weighted by atomic mass is 19.4. The standard InChI is InChI=1S/C10H14F3N3O/c1-7(2)16(6-10(11,12)13)9-4-14-8(5-17)3-15-9/h3-4,7,17H,5-6H2,1-2H3. The molecule has 0 saturated carbocycles. The van der Waals surface area contributed by atoms with Gasteiger partial charge in [-0.3, -0.25) is 4.98 Å². The maximum absolute atomic E-state index is 12.4. The fraction of sp³-hybridized carbons (Fsp3) is 0.600. The van der Waals surface area contributed by atoms with Crippen LogP contribution in [0.4, 0.5) is 19.0 Å². The van der Waals surface area contributed by atoms with Crippen LogP contribution in [0, 0.1) is 0 Å². The van der Waals surface area contributed by atoms with Crippen molar-refractivity contribution in [1.29, 1.82) is 0 Å². The van der Waals surface area contributed by atoms with Crippen LogP contribution in [-0.4, -0.2) is 33.8 Å². The van der Waals surface area contributed by atoms with E-state index in [9.17, 15) is 13.2 Å². The Kier molecular flexibility index (Phi) is 4.28. The van der Waals surface area contributed by atoms with E-state index < -0.39 is 12.7 Å². The molecule has 0 atom stereocenters. The predicted molar refractivity (Wildman–Crippen MR) is 56.5 cm³/mol. The highest BCUT2D eigenvalue weighted by Crippen LogP contribution is 2.22. The van der Waals surface area contributed by atoms with Crippen LogP contribution in [0.25, 0.3) is 0 Å². The summed E-state index contributed by atoms with van der Waals surface area (Å²) in [7, 11) is 0. The molecule has 0 fully saturated rings. The van der Waals surface area contributed by atoms with E-state index in [0.29, 0.717) is 5.69 Å². The molecule has 96 valence electrons. The maximum atomic E-state index is 12.4. The molecule has 0 aliphatic heterocycles. The van der Waals surface area contributed by atoms with Gasteiger partial charge >= 0.3 is 6.18 Å². The Morgan fingerprint density at radius 3 is 2.29 bits per heavy atom. The Morgan fingerprint density at radius 1 is 1.29 bits per heavy atom. The second-order valence-electron chi connectivity index (χ2n) is 3.86. The molecular weight excluding hydrogens is 235 g/mol. The van der Waals surface area contributed by atoms with Crippen molar-refractivity contribution < 1.29 is 18.3 Å². The number of hydrogen-bond acceptors (Lipinski definition) is 4. The van der Waals surface area contributed by atoms with E-state index in [-0.39, 0.29) is 18.5 Å². The van der Waals surface area contributed by atoms with Crippen molar-refractivity contribution in [3.05, 3.63) is 18.1 Å². The van der Waals surface area contributed by atoms with Gasteiger partial charge in [0.15, 0.2) is 0 Å². The van der Waals surface area contributed by atoms with Gasteiger partial charge in [-0.15, -0.1) is 0 Å². The minimum absolute atomic E-state index is 0.148. The molecular formula is C10H14F3N3O. The summed E-state index contributed by atoms with van der Waals surface area (Å²) in [6.45, 7) is 1.94. The summed E-state index contributed by atoms with van der Waals surface area (Å²) < 4.78 is 37.1. The van der Waals surface area contributed by atoms with Crippen molar-refractivity contribution in [3.63, 3.8) is 0 Å². The number of alkyl halides is 3. The fourth-order valence-corrected chi connectivity index (χ4v) is 1.30. The number of nitrogens with zero attached hydrogens (tertiary/aromatic N) is 3. The second-order valence-corrected chi connectivity index (χ2v) is 3.86. The first-order valence-electron chi connectivity index (χ1n) is 5.08. The van der Waals surface area contributed by atoms with Crippen LogP contribution < -0.4 is 4.90 Å². The van der Waals surface area contributed by atoms with Crippen molar-refractivity contribution in [1.82, 2.24) is 9.97 Å². The SMILES string of the molecule is CC(C)N(CC(F)(F)F)c1cnc(CO)cn1. The third-order valence-electron chi connectivity index (χ3n) is 2.12. The summed E-state index contributed by atoms with van der Waals surface area (Å²) in [5, 5.41) is 8.77. The zero-order valence-electron chi connectivity index (χ0n) is 9.57. The first kappa shape index (κ1) is 13.7. The maximum Gasteiger partial charge on any atom is 0.405 e. The van der Waals surface area contributed by atoms with E-state index >= 15 is 0 Å². The zero-order chi connectivity index (χ0) is 13.1. The normalized spacial score (nSPS) is 11.9. The molecule has 0 amide bonds. The van der Waals surface area contributed by atoms with Crippen molar-refractivity contribution in [2.75, 3.05) is 11.4 Å². The highest BCUT2D eigenvalue weighted by molar-refractivity contribution is 5.37. The lowest BCUT2D eigenvalue weighted by Gasteiger charge is -2.28. The first-order valence-corrected chi connectivity index (χ1v) is 5.08. The molecule has 17 heavy (non-hydrogen) atoms.